The Balaban J connectivity index is 4.17. The molecule has 50 valence electrons. The number of hydrogen-bond acceptors (Lipinski definition) is 2. The molecule has 0 bridgehead atoms. The van der Waals surface area contributed by atoms with Gasteiger partial charge in [0.1, 0.15) is 5.21 Å². The summed E-state index contributed by atoms with van der Waals surface area (Å²) in [6, 6.07) is 0. The Morgan fingerprint density at radius 3 is 1.88 bits per heavy atom. The summed E-state index contributed by atoms with van der Waals surface area (Å²) in [6.07, 6.45) is 0. The molecule has 6 heteroatoms. The molecule has 0 saturated carbocycles. The quantitative estimate of drug-likeness (QED) is 0.540. The van der Waals surface area contributed by atoms with E-state index in [1.165, 1.54) is 0 Å². The molecule has 0 aliphatic carbocycles. The largest absolute Gasteiger partial charge is 0.226 e. The lowest BCUT2D eigenvalue weighted by molar-refractivity contribution is 0.605. The van der Waals surface area contributed by atoms with Gasteiger partial charge in [0.15, 0.2) is 11.1 Å². The lowest BCUT2D eigenvalue weighted by atomic mass is 11.9. The van der Waals surface area contributed by atoms with E-state index in [4.69, 9.17) is 11.6 Å². The van der Waals surface area contributed by atoms with Gasteiger partial charge in [-0.05, 0) is 0 Å². The minimum Gasteiger partial charge on any atom is -0.226 e. The second kappa shape index (κ2) is 3.77. The molecule has 0 atom stereocenters. The van der Waals surface area contributed by atoms with Gasteiger partial charge < -0.3 is 0 Å². The van der Waals surface area contributed by atoms with Crippen LogP contribution in [0.25, 0.3) is 0 Å². The van der Waals surface area contributed by atoms with Crippen LogP contribution in [0.1, 0.15) is 0 Å². The van der Waals surface area contributed by atoms with Gasteiger partial charge in [0.25, 0.3) is 0 Å². The molecule has 0 aromatic heterocycles. The average Bonchev–Trinajstić information content (AvgIpc) is 1.67. The molecule has 0 spiro atoms. The smallest absolute Gasteiger partial charge is 0.185 e. The molecule has 0 N–H and O–H groups in total. The van der Waals surface area contributed by atoms with Crippen molar-refractivity contribution in [3.8, 4) is 0 Å². The maximum Gasteiger partial charge on any atom is 0.185 e. The predicted octanol–water partition coefficient (Wildman–Crippen LogP) is 1.75. The monoisotopic (exact) mass is 380 g/mol. The third-order valence-corrected chi connectivity index (χ3v) is 6.83. The van der Waals surface area contributed by atoms with Gasteiger partial charge >= 0.3 is 0 Å². The van der Waals surface area contributed by atoms with E-state index < -0.39 is 11.1 Å². The predicted molar refractivity (Wildman–Crippen MR) is 51.5 cm³/mol. The van der Waals surface area contributed by atoms with Crippen molar-refractivity contribution in [1.82, 2.24) is 0 Å². The van der Waals surface area contributed by atoms with Crippen molar-refractivity contribution in [2.24, 2.45) is 0 Å². The lowest BCUT2D eigenvalue weighted by Gasteiger charge is -1.96. The molecule has 0 fully saturated rings. The van der Waals surface area contributed by atoms with Gasteiger partial charge in [-0.1, -0.05) is 45.2 Å². The summed E-state index contributed by atoms with van der Waals surface area (Å²) in [4.78, 5) is 0. The third kappa shape index (κ3) is 3.02. The summed E-state index contributed by atoms with van der Waals surface area (Å²) in [5.41, 5.74) is 0. The van der Waals surface area contributed by atoms with Crippen molar-refractivity contribution >= 4 is 66.6 Å². The molecule has 0 saturated heterocycles. The van der Waals surface area contributed by atoms with Crippen LogP contribution in [0.4, 0.5) is 0 Å². The molecule has 8 heavy (non-hydrogen) atoms. The fourth-order valence-corrected chi connectivity index (χ4v) is 2.87. The Kier molecular flexibility index (Phi) is 4.57. The van der Waals surface area contributed by atoms with Crippen LogP contribution in [0.2, 0.25) is 0 Å². The van der Waals surface area contributed by atoms with Crippen LogP contribution in [0.3, 0.4) is 0 Å². The Morgan fingerprint density at radius 2 is 1.88 bits per heavy atom. The number of rotatable bonds is 2. The molecule has 0 aromatic carbocycles. The molecule has 0 aromatic rings. The van der Waals surface area contributed by atoms with Crippen molar-refractivity contribution < 1.29 is 8.42 Å². The van der Waals surface area contributed by atoms with Crippen LogP contribution in [0, 0.1) is 0 Å². The topological polar surface area (TPSA) is 34.1 Å². The minimum absolute atomic E-state index is 0.288. The van der Waals surface area contributed by atoms with Gasteiger partial charge in [0.2, 0.25) is 0 Å². The summed E-state index contributed by atoms with van der Waals surface area (Å²) in [7, 11) is -3.00. The van der Waals surface area contributed by atoms with Gasteiger partial charge in [-0.15, -0.1) is 11.6 Å². The zero-order valence-electron chi connectivity index (χ0n) is 3.64. The second-order valence-electron chi connectivity index (χ2n) is 1.03. The van der Waals surface area contributed by atoms with E-state index in [1.807, 2.05) is 0 Å². The Hall–Kier alpha value is 1.70. The Labute approximate surface area is 80.6 Å². The standard InChI is InChI=1S/C2H3ClI2O2S/c3-1-8(6,7)2(4)5/h2H,1H2. The van der Waals surface area contributed by atoms with Gasteiger partial charge in [-0.25, -0.2) is 8.42 Å². The first-order valence-corrected chi connectivity index (χ1v) is 6.30. The summed E-state index contributed by atoms with van der Waals surface area (Å²) in [6.45, 7) is 0. The molecule has 0 rings (SSSR count). The van der Waals surface area contributed by atoms with E-state index in [-0.39, 0.29) is 5.21 Å². The molecule has 0 amide bonds. The van der Waals surface area contributed by atoms with E-state index in [9.17, 15) is 8.42 Å². The highest BCUT2D eigenvalue weighted by molar-refractivity contribution is 14.2. The summed E-state index contributed by atoms with van der Waals surface area (Å²) >= 11 is 8.69. The molecular formula is C2H3ClI2O2S. The van der Waals surface area contributed by atoms with E-state index in [0.29, 0.717) is 0 Å². The van der Waals surface area contributed by atoms with Gasteiger partial charge in [0.05, 0.1) is 0 Å². The second-order valence-corrected chi connectivity index (χ2v) is 10.3. The SMILES string of the molecule is O=S(=O)(CCl)C(I)I. The first-order chi connectivity index (χ1) is 3.50. The normalized spacial score (nSPS) is 12.5. The van der Waals surface area contributed by atoms with E-state index >= 15 is 0 Å². The highest BCUT2D eigenvalue weighted by Gasteiger charge is 2.16. The van der Waals surface area contributed by atoms with Crippen molar-refractivity contribution in [1.29, 1.82) is 0 Å². The average molecular weight is 380 g/mol. The van der Waals surface area contributed by atoms with Gasteiger partial charge in [-0.2, -0.15) is 0 Å². The first kappa shape index (κ1) is 9.70. The number of sulfone groups is 1. The van der Waals surface area contributed by atoms with Crippen molar-refractivity contribution in [3.63, 3.8) is 0 Å². The first-order valence-electron chi connectivity index (χ1n) is 1.56. The van der Waals surface area contributed by atoms with Crippen molar-refractivity contribution in [3.05, 3.63) is 0 Å². The molecule has 0 unspecified atom stereocenters. The van der Waals surface area contributed by atoms with Gasteiger partial charge in [0, 0.05) is 0 Å². The Morgan fingerprint density at radius 1 is 1.50 bits per heavy atom. The molecule has 0 aliphatic rings. The Bertz CT molecular complexity index is 151. The van der Waals surface area contributed by atoms with Crippen LogP contribution in [-0.2, 0) is 9.84 Å². The van der Waals surface area contributed by atoms with Crippen LogP contribution in [-0.4, -0.2) is 14.9 Å². The molecule has 2 nitrogen and oxygen atoms in total. The summed E-state index contributed by atoms with van der Waals surface area (Å²) in [5.74, 6) is 0. The highest BCUT2D eigenvalue weighted by atomic mass is 127. The summed E-state index contributed by atoms with van der Waals surface area (Å²) < 4.78 is 20.7. The van der Waals surface area contributed by atoms with E-state index in [1.54, 1.807) is 45.2 Å². The molecular weight excluding hydrogens is 377 g/mol. The van der Waals surface area contributed by atoms with Crippen molar-refractivity contribution in [2.75, 3.05) is 5.21 Å². The van der Waals surface area contributed by atoms with Crippen molar-refractivity contribution in [2.45, 2.75) is 1.26 Å². The number of alkyl halides is 3. The number of halogens is 3. The van der Waals surface area contributed by atoms with Gasteiger partial charge in [-0.3, -0.25) is 0 Å². The van der Waals surface area contributed by atoms with Crippen LogP contribution >= 0.6 is 56.8 Å². The lowest BCUT2D eigenvalue weighted by Crippen LogP contribution is -2.07. The molecule has 0 aliphatic heterocycles. The fourth-order valence-electron chi connectivity index (χ4n) is 0.0476. The number of hydrogen-bond donors (Lipinski definition) is 0. The van der Waals surface area contributed by atoms with Crippen LogP contribution in [0.15, 0.2) is 0 Å². The minimum atomic E-state index is -3.00. The van der Waals surface area contributed by atoms with Crippen LogP contribution < -0.4 is 0 Å². The van der Waals surface area contributed by atoms with E-state index in [2.05, 4.69) is 0 Å². The molecule has 0 radical (unpaired) electrons. The third-order valence-electron chi connectivity index (χ3n) is 0.424. The zero-order chi connectivity index (χ0) is 6.78. The summed E-state index contributed by atoms with van der Waals surface area (Å²) in [5, 5.41) is -0.288. The fraction of sp³-hybridized carbons (Fsp3) is 1.00. The zero-order valence-corrected chi connectivity index (χ0v) is 9.53. The maximum atomic E-state index is 10.6. The van der Waals surface area contributed by atoms with Crippen LogP contribution in [0.5, 0.6) is 0 Å². The molecule has 0 heterocycles. The van der Waals surface area contributed by atoms with E-state index in [0.717, 1.165) is 0 Å². The maximum absolute atomic E-state index is 10.6. The highest BCUT2D eigenvalue weighted by Crippen LogP contribution is 2.18.